The number of sulfone groups is 1. The smallest absolute Gasteiger partial charge is 0.340 e. The molecule has 2 N–H and O–H groups in total. The van der Waals surface area contributed by atoms with Gasteiger partial charge in [-0.1, -0.05) is 12.1 Å². The minimum atomic E-state index is -4.26. The minimum Gasteiger partial charge on any atom is -0.497 e. The van der Waals surface area contributed by atoms with E-state index in [1.165, 1.54) is 44.6 Å². The van der Waals surface area contributed by atoms with Crippen LogP contribution in [0.4, 0.5) is 0 Å². The lowest BCUT2D eigenvalue weighted by Gasteiger charge is -2.40. The number of hydrogen-bond donors (Lipinski definition) is 1. The monoisotopic (exact) mass is 518 g/mol. The van der Waals surface area contributed by atoms with Gasteiger partial charge < -0.3 is 19.9 Å². The molecule has 0 amide bonds. The zero-order valence-electron chi connectivity index (χ0n) is 21.5. The molecule has 0 aliphatic carbocycles. The first-order valence-electron chi connectivity index (χ1n) is 11.6. The van der Waals surface area contributed by atoms with E-state index in [-0.39, 0.29) is 20.9 Å². The van der Waals surface area contributed by atoms with Crippen LogP contribution in [0.1, 0.15) is 56.5 Å². The van der Waals surface area contributed by atoms with Crippen molar-refractivity contribution in [1.29, 1.82) is 0 Å². The number of benzene rings is 2. The Balaban J connectivity index is 2.27. The van der Waals surface area contributed by atoms with E-state index >= 15 is 0 Å². The number of esters is 2. The molecule has 36 heavy (non-hydrogen) atoms. The van der Waals surface area contributed by atoms with Crippen LogP contribution in [0, 0.1) is 0 Å². The highest BCUT2D eigenvalue weighted by Gasteiger charge is 2.45. The maximum Gasteiger partial charge on any atom is 0.340 e. The Morgan fingerprint density at radius 1 is 1.03 bits per heavy atom. The average Bonchev–Trinajstić information content (AvgIpc) is 3.33. The van der Waals surface area contributed by atoms with E-state index in [2.05, 4.69) is 0 Å². The molecule has 1 saturated heterocycles. The number of carbonyl (C=O) groups excluding carboxylic acids is 2. The number of carbonyl (C=O) groups is 2. The lowest BCUT2D eigenvalue weighted by Crippen LogP contribution is -2.55. The largest absolute Gasteiger partial charge is 0.497 e. The molecule has 0 saturated carbocycles. The molecule has 1 aliphatic rings. The Morgan fingerprint density at radius 3 is 2.22 bits per heavy atom. The Bertz CT molecular complexity index is 1230. The van der Waals surface area contributed by atoms with Gasteiger partial charge in [-0.3, -0.25) is 9.69 Å². The standard InChI is InChI=1S/C26H34N2O7S/c1-25(2,3)35-23(29)19-9-7-10-20(26(4,27)28-16-8-11-21(28)24(30)34-6)22(19)36(31,32)18-14-12-17(33-5)13-15-18/h7,9-10,12-15,21H,8,11,16,27H2,1-6H3/t21-,26?/m0/s1. The summed E-state index contributed by atoms with van der Waals surface area (Å²) in [6.07, 6.45) is 1.20. The molecule has 196 valence electrons. The van der Waals surface area contributed by atoms with Crippen molar-refractivity contribution in [1.82, 2.24) is 4.90 Å². The van der Waals surface area contributed by atoms with Crippen LogP contribution < -0.4 is 10.5 Å². The SMILES string of the molecule is COC(=O)[C@@H]1CCCN1C(C)(N)c1cccc(C(=O)OC(C)(C)C)c1S(=O)(=O)c1ccc(OC)cc1. The summed E-state index contributed by atoms with van der Waals surface area (Å²) in [4.78, 5) is 27.1. The van der Waals surface area contributed by atoms with Gasteiger partial charge in [-0.15, -0.1) is 0 Å². The molecule has 10 heteroatoms. The van der Waals surface area contributed by atoms with Crippen molar-refractivity contribution in [3.63, 3.8) is 0 Å². The molecular formula is C26H34N2O7S. The minimum absolute atomic E-state index is 0.0395. The van der Waals surface area contributed by atoms with Crippen LogP contribution in [-0.2, 0) is 29.8 Å². The van der Waals surface area contributed by atoms with E-state index in [4.69, 9.17) is 19.9 Å². The summed E-state index contributed by atoms with van der Waals surface area (Å²) in [5.74, 6) is -0.763. The second kappa shape index (κ2) is 10.2. The molecule has 0 aromatic heterocycles. The summed E-state index contributed by atoms with van der Waals surface area (Å²) >= 11 is 0. The van der Waals surface area contributed by atoms with Crippen LogP contribution in [-0.4, -0.2) is 57.7 Å². The Hall–Kier alpha value is -2.95. The fraction of sp³-hybridized carbons (Fsp3) is 0.462. The van der Waals surface area contributed by atoms with Gasteiger partial charge in [-0.05, 0) is 70.9 Å². The molecule has 0 radical (unpaired) electrons. The second-order valence-electron chi connectivity index (χ2n) is 9.89. The summed E-state index contributed by atoms with van der Waals surface area (Å²) in [7, 11) is -1.48. The van der Waals surface area contributed by atoms with Crippen LogP contribution in [0.15, 0.2) is 52.3 Å². The molecule has 1 fully saturated rings. The first-order chi connectivity index (χ1) is 16.7. The molecule has 0 spiro atoms. The van der Waals surface area contributed by atoms with Crippen LogP contribution in [0.3, 0.4) is 0 Å². The predicted molar refractivity (Wildman–Crippen MR) is 133 cm³/mol. The average molecular weight is 519 g/mol. The van der Waals surface area contributed by atoms with Crippen molar-refractivity contribution < 1.29 is 32.2 Å². The molecule has 1 unspecified atom stereocenters. The number of hydrogen-bond acceptors (Lipinski definition) is 9. The van der Waals surface area contributed by atoms with Gasteiger partial charge in [-0.2, -0.15) is 0 Å². The van der Waals surface area contributed by atoms with E-state index < -0.39 is 39.1 Å². The van der Waals surface area contributed by atoms with Crippen LogP contribution >= 0.6 is 0 Å². The molecule has 1 aliphatic heterocycles. The number of likely N-dealkylation sites (tertiary alicyclic amines) is 1. The topological polar surface area (TPSA) is 125 Å². The number of nitrogens with zero attached hydrogens (tertiary/aromatic N) is 1. The van der Waals surface area contributed by atoms with E-state index in [0.717, 1.165) is 0 Å². The fourth-order valence-electron chi connectivity index (χ4n) is 4.45. The van der Waals surface area contributed by atoms with Crippen molar-refractivity contribution in [2.24, 2.45) is 5.73 Å². The summed E-state index contributed by atoms with van der Waals surface area (Å²) < 4.78 is 43.8. The highest BCUT2D eigenvalue weighted by atomic mass is 32.2. The molecule has 1 heterocycles. The Kier molecular flexibility index (Phi) is 7.83. The number of ether oxygens (including phenoxy) is 3. The number of methoxy groups -OCH3 is 2. The fourth-order valence-corrected chi connectivity index (χ4v) is 6.19. The Labute approximate surface area is 212 Å². The van der Waals surface area contributed by atoms with E-state index in [1.54, 1.807) is 44.7 Å². The van der Waals surface area contributed by atoms with Crippen LogP contribution in [0.5, 0.6) is 5.75 Å². The van der Waals surface area contributed by atoms with Crippen molar-refractivity contribution in [2.45, 2.75) is 67.6 Å². The Morgan fingerprint density at radius 2 is 1.67 bits per heavy atom. The van der Waals surface area contributed by atoms with Crippen molar-refractivity contribution >= 4 is 21.8 Å². The third-order valence-electron chi connectivity index (χ3n) is 6.14. The molecule has 2 aromatic rings. The third kappa shape index (κ3) is 5.40. The van der Waals surface area contributed by atoms with Crippen molar-refractivity contribution in [3.05, 3.63) is 53.6 Å². The predicted octanol–water partition coefficient (Wildman–Crippen LogP) is 3.25. The van der Waals surface area contributed by atoms with Crippen molar-refractivity contribution in [3.8, 4) is 5.75 Å². The summed E-state index contributed by atoms with van der Waals surface area (Å²) in [5.41, 5.74) is 4.58. The van der Waals surface area contributed by atoms with Gasteiger partial charge in [0.05, 0.1) is 35.2 Å². The first-order valence-corrected chi connectivity index (χ1v) is 13.1. The lowest BCUT2D eigenvalue weighted by molar-refractivity contribution is -0.148. The second-order valence-corrected chi connectivity index (χ2v) is 11.8. The third-order valence-corrected chi connectivity index (χ3v) is 8.01. The molecule has 2 atom stereocenters. The summed E-state index contributed by atoms with van der Waals surface area (Å²) in [6, 6.07) is 9.76. The van der Waals surface area contributed by atoms with Crippen LogP contribution in [0.2, 0.25) is 0 Å². The molecule has 2 aromatic carbocycles. The van der Waals surface area contributed by atoms with Gasteiger partial charge in [-0.25, -0.2) is 13.2 Å². The van der Waals surface area contributed by atoms with Gasteiger partial charge in [0.1, 0.15) is 17.4 Å². The summed E-state index contributed by atoms with van der Waals surface area (Å²) in [5, 5.41) is 0. The summed E-state index contributed by atoms with van der Waals surface area (Å²) in [6.45, 7) is 7.18. The lowest BCUT2D eigenvalue weighted by atomic mass is 9.96. The molecule has 9 nitrogen and oxygen atoms in total. The highest BCUT2D eigenvalue weighted by molar-refractivity contribution is 7.91. The maximum atomic E-state index is 14.1. The first kappa shape index (κ1) is 27.6. The van der Waals surface area contributed by atoms with Crippen LogP contribution in [0.25, 0.3) is 0 Å². The van der Waals surface area contributed by atoms with Crippen molar-refractivity contribution in [2.75, 3.05) is 20.8 Å². The zero-order chi connectivity index (χ0) is 26.9. The molecular weight excluding hydrogens is 484 g/mol. The number of nitrogens with two attached hydrogens (primary N) is 1. The highest BCUT2D eigenvalue weighted by Crippen LogP contribution is 2.38. The molecule has 0 bridgehead atoms. The zero-order valence-corrected chi connectivity index (χ0v) is 22.3. The van der Waals surface area contributed by atoms with E-state index in [1.807, 2.05) is 0 Å². The quantitative estimate of drug-likeness (QED) is 0.550. The van der Waals surface area contributed by atoms with E-state index in [0.29, 0.717) is 25.1 Å². The van der Waals surface area contributed by atoms with Gasteiger partial charge in [0, 0.05) is 12.1 Å². The molecule has 3 rings (SSSR count). The van der Waals surface area contributed by atoms with Gasteiger partial charge in [0.15, 0.2) is 0 Å². The van der Waals surface area contributed by atoms with Gasteiger partial charge >= 0.3 is 11.9 Å². The number of rotatable bonds is 7. The van der Waals surface area contributed by atoms with E-state index in [9.17, 15) is 18.0 Å². The van der Waals surface area contributed by atoms with Gasteiger partial charge in [0.25, 0.3) is 0 Å². The van der Waals surface area contributed by atoms with Gasteiger partial charge in [0.2, 0.25) is 9.84 Å². The normalized spacial score (nSPS) is 18.4. The maximum absolute atomic E-state index is 14.1.